The summed E-state index contributed by atoms with van der Waals surface area (Å²) >= 11 is 0. The van der Waals surface area contributed by atoms with Crippen LogP contribution in [0.1, 0.15) is 17.2 Å². The molecule has 1 aliphatic rings. The number of benzene rings is 2. The van der Waals surface area contributed by atoms with Crippen molar-refractivity contribution in [1.82, 2.24) is 0 Å². The van der Waals surface area contributed by atoms with Crippen molar-refractivity contribution < 1.29 is 9.84 Å². The third kappa shape index (κ3) is 2.51. The summed E-state index contributed by atoms with van der Waals surface area (Å²) in [5.41, 5.74) is 1.91. The smallest absolute Gasteiger partial charge is 0.216 e. The molecule has 0 aliphatic carbocycles. The van der Waals surface area contributed by atoms with Gasteiger partial charge in [-0.15, -0.1) is 0 Å². The number of nitrogens with zero attached hydrogens (tertiary/aromatic N) is 1. The van der Waals surface area contributed by atoms with Gasteiger partial charge in [0.25, 0.3) is 0 Å². The van der Waals surface area contributed by atoms with Crippen molar-refractivity contribution in [1.29, 1.82) is 0 Å². The molecule has 0 saturated carbocycles. The van der Waals surface area contributed by atoms with Gasteiger partial charge in [0.2, 0.25) is 5.90 Å². The van der Waals surface area contributed by atoms with E-state index in [0.717, 1.165) is 11.1 Å². The molecule has 0 fully saturated rings. The van der Waals surface area contributed by atoms with E-state index in [9.17, 15) is 5.11 Å². The van der Waals surface area contributed by atoms with Crippen molar-refractivity contribution in [2.24, 2.45) is 4.99 Å². The third-order valence-corrected chi connectivity index (χ3v) is 3.16. The first-order valence-electron chi connectivity index (χ1n) is 6.34. The molecule has 2 aromatic rings. The maximum absolute atomic E-state index is 10.1. The SMILES string of the molecule is O[C@H]1CN=C(c2ccccc2)O[C@H]1c1ccccc1. The summed E-state index contributed by atoms with van der Waals surface area (Å²) in [4.78, 5) is 4.30. The van der Waals surface area contributed by atoms with Gasteiger partial charge < -0.3 is 9.84 Å². The molecule has 0 radical (unpaired) electrons. The lowest BCUT2D eigenvalue weighted by molar-refractivity contribution is 0.0217. The Balaban J connectivity index is 1.88. The van der Waals surface area contributed by atoms with Crippen LogP contribution in [0.4, 0.5) is 0 Å². The quantitative estimate of drug-likeness (QED) is 0.893. The average molecular weight is 253 g/mol. The van der Waals surface area contributed by atoms with E-state index in [1.165, 1.54) is 0 Å². The predicted molar refractivity (Wildman–Crippen MR) is 74.1 cm³/mol. The molecule has 0 amide bonds. The Morgan fingerprint density at radius 1 is 0.947 bits per heavy atom. The number of ether oxygens (including phenoxy) is 1. The van der Waals surface area contributed by atoms with E-state index in [0.29, 0.717) is 12.4 Å². The minimum absolute atomic E-state index is 0.353. The van der Waals surface area contributed by atoms with E-state index in [-0.39, 0.29) is 6.10 Å². The number of aliphatic imine (C=N–C) groups is 1. The fraction of sp³-hybridized carbons (Fsp3) is 0.188. The summed E-state index contributed by atoms with van der Waals surface area (Å²) in [5.74, 6) is 0.597. The van der Waals surface area contributed by atoms with E-state index in [1.807, 2.05) is 60.7 Å². The molecule has 0 unspecified atom stereocenters. The predicted octanol–water partition coefficient (Wildman–Crippen LogP) is 2.57. The fourth-order valence-corrected chi connectivity index (χ4v) is 2.18. The molecule has 1 N–H and O–H groups in total. The van der Waals surface area contributed by atoms with Crippen LogP contribution in [0, 0.1) is 0 Å². The van der Waals surface area contributed by atoms with Crippen molar-refractivity contribution in [3.8, 4) is 0 Å². The Kier molecular flexibility index (Phi) is 3.29. The van der Waals surface area contributed by atoms with E-state index < -0.39 is 6.10 Å². The number of hydrogen-bond donors (Lipinski definition) is 1. The van der Waals surface area contributed by atoms with Crippen LogP contribution in [-0.2, 0) is 4.74 Å². The van der Waals surface area contributed by atoms with Crippen LogP contribution < -0.4 is 0 Å². The topological polar surface area (TPSA) is 41.8 Å². The molecule has 0 saturated heterocycles. The number of hydrogen-bond acceptors (Lipinski definition) is 3. The molecule has 3 rings (SSSR count). The average Bonchev–Trinajstić information content (AvgIpc) is 2.49. The highest BCUT2D eigenvalue weighted by Crippen LogP contribution is 2.26. The van der Waals surface area contributed by atoms with Crippen LogP contribution in [0.3, 0.4) is 0 Å². The van der Waals surface area contributed by atoms with Crippen molar-refractivity contribution >= 4 is 5.90 Å². The lowest BCUT2D eigenvalue weighted by Gasteiger charge is -2.28. The van der Waals surface area contributed by atoms with E-state index in [4.69, 9.17) is 4.74 Å². The van der Waals surface area contributed by atoms with E-state index in [2.05, 4.69) is 4.99 Å². The second-order valence-electron chi connectivity index (χ2n) is 4.53. The van der Waals surface area contributed by atoms with Crippen molar-refractivity contribution in [2.45, 2.75) is 12.2 Å². The molecule has 1 aliphatic heterocycles. The summed E-state index contributed by atoms with van der Waals surface area (Å²) in [6.45, 7) is 0.365. The number of aliphatic hydroxyl groups excluding tert-OH is 1. The third-order valence-electron chi connectivity index (χ3n) is 3.16. The Labute approximate surface area is 112 Å². The van der Waals surface area contributed by atoms with Crippen molar-refractivity contribution in [2.75, 3.05) is 6.54 Å². The number of aliphatic hydroxyl groups is 1. The van der Waals surface area contributed by atoms with Gasteiger partial charge in [0, 0.05) is 5.56 Å². The summed E-state index contributed by atoms with van der Waals surface area (Å²) < 4.78 is 5.87. The van der Waals surface area contributed by atoms with E-state index >= 15 is 0 Å². The highest BCUT2D eigenvalue weighted by molar-refractivity contribution is 5.94. The van der Waals surface area contributed by atoms with Gasteiger partial charge in [-0.1, -0.05) is 48.5 Å². The maximum Gasteiger partial charge on any atom is 0.216 e. The molecule has 2 aromatic carbocycles. The zero-order valence-corrected chi connectivity index (χ0v) is 10.4. The second kappa shape index (κ2) is 5.24. The summed E-state index contributed by atoms with van der Waals surface area (Å²) in [6, 6.07) is 19.5. The summed E-state index contributed by atoms with van der Waals surface area (Å²) in [7, 11) is 0. The minimum atomic E-state index is -0.602. The molecule has 3 heteroatoms. The second-order valence-corrected chi connectivity index (χ2v) is 4.53. The first-order chi connectivity index (χ1) is 9.34. The molecule has 0 spiro atoms. The molecule has 2 atom stereocenters. The van der Waals surface area contributed by atoms with Crippen LogP contribution in [0.2, 0.25) is 0 Å². The van der Waals surface area contributed by atoms with Gasteiger partial charge in [-0.05, 0) is 17.7 Å². The zero-order chi connectivity index (χ0) is 13.1. The van der Waals surface area contributed by atoms with Gasteiger partial charge in [-0.2, -0.15) is 0 Å². The normalized spacial score (nSPS) is 22.5. The first kappa shape index (κ1) is 11.9. The zero-order valence-electron chi connectivity index (χ0n) is 10.4. The standard InChI is InChI=1S/C16H15NO2/c18-14-11-17-16(13-9-5-2-6-10-13)19-15(14)12-7-3-1-4-8-12/h1-10,14-15,18H,11H2/t14-,15-/m0/s1. The van der Waals surface area contributed by atoms with Crippen LogP contribution in [0.5, 0.6) is 0 Å². The molecular weight excluding hydrogens is 238 g/mol. The highest BCUT2D eigenvalue weighted by atomic mass is 16.5. The summed E-state index contributed by atoms with van der Waals surface area (Å²) in [6.07, 6.45) is -0.955. The van der Waals surface area contributed by atoms with Gasteiger partial charge in [0.15, 0.2) is 6.10 Å². The van der Waals surface area contributed by atoms with Crippen LogP contribution >= 0.6 is 0 Å². The van der Waals surface area contributed by atoms with Gasteiger partial charge in [-0.3, -0.25) is 0 Å². The highest BCUT2D eigenvalue weighted by Gasteiger charge is 2.28. The molecular formula is C16H15NO2. The van der Waals surface area contributed by atoms with Crippen LogP contribution in [0.25, 0.3) is 0 Å². The minimum Gasteiger partial charge on any atom is -0.466 e. The maximum atomic E-state index is 10.1. The molecule has 1 heterocycles. The van der Waals surface area contributed by atoms with Crippen LogP contribution in [-0.4, -0.2) is 23.7 Å². The first-order valence-corrected chi connectivity index (χ1v) is 6.34. The lowest BCUT2D eigenvalue weighted by Crippen LogP contribution is -2.31. The largest absolute Gasteiger partial charge is 0.466 e. The molecule has 19 heavy (non-hydrogen) atoms. The monoisotopic (exact) mass is 253 g/mol. The van der Waals surface area contributed by atoms with Gasteiger partial charge in [-0.25, -0.2) is 4.99 Å². The Hall–Kier alpha value is -2.13. The van der Waals surface area contributed by atoms with E-state index in [1.54, 1.807) is 0 Å². The van der Waals surface area contributed by atoms with Crippen molar-refractivity contribution in [3.63, 3.8) is 0 Å². The Bertz CT molecular complexity index is 566. The Morgan fingerprint density at radius 3 is 2.26 bits per heavy atom. The molecule has 0 bridgehead atoms. The van der Waals surface area contributed by atoms with Gasteiger partial charge in [0.1, 0.15) is 6.10 Å². The van der Waals surface area contributed by atoms with Gasteiger partial charge >= 0.3 is 0 Å². The summed E-state index contributed by atoms with van der Waals surface area (Å²) in [5, 5.41) is 10.1. The number of rotatable bonds is 2. The van der Waals surface area contributed by atoms with Crippen molar-refractivity contribution in [3.05, 3.63) is 71.8 Å². The lowest BCUT2D eigenvalue weighted by atomic mass is 10.0. The fourth-order valence-electron chi connectivity index (χ4n) is 2.18. The Morgan fingerprint density at radius 2 is 1.58 bits per heavy atom. The molecule has 3 nitrogen and oxygen atoms in total. The molecule has 0 aromatic heterocycles. The molecule has 96 valence electrons. The van der Waals surface area contributed by atoms with Gasteiger partial charge in [0.05, 0.1) is 6.54 Å². The van der Waals surface area contributed by atoms with Crippen LogP contribution in [0.15, 0.2) is 65.7 Å².